The van der Waals surface area contributed by atoms with E-state index in [0.29, 0.717) is 11.5 Å². The predicted molar refractivity (Wildman–Crippen MR) is 72.4 cm³/mol. The van der Waals surface area contributed by atoms with Gasteiger partial charge in [0.15, 0.2) is 0 Å². The molecule has 2 N–H and O–H groups in total. The van der Waals surface area contributed by atoms with Crippen LogP contribution in [-0.4, -0.2) is 18.5 Å². The molecule has 2 aromatic heterocycles. The first-order valence-electron chi connectivity index (χ1n) is 6.05. The SMILES string of the molecule is Cc1oc(C)c(S(=O)(=O)NCc2ccccn2)c1CO. The average Bonchev–Trinajstić information content (AvgIpc) is 2.72. The summed E-state index contributed by atoms with van der Waals surface area (Å²) in [4.78, 5) is 4.05. The normalized spacial score (nSPS) is 11.8. The summed E-state index contributed by atoms with van der Waals surface area (Å²) < 4.78 is 32.4. The van der Waals surface area contributed by atoms with Crippen molar-refractivity contribution in [2.24, 2.45) is 0 Å². The first kappa shape index (κ1) is 14.7. The van der Waals surface area contributed by atoms with Crippen molar-refractivity contribution < 1.29 is 17.9 Å². The Morgan fingerprint density at radius 3 is 2.65 bits per heavy atom. The van der Waals surface area contributed by atoms with Crippen molar-refractivity contribution in [2.45, 2.75) is 31.9 Å². The van der Waals surface area contributed by atoms with Gasteiger partial charge in [-0.25, -0.2) is 13.1 Å². The molecule has 2 rings (SSSR count). The summed E-state index contributed by atoms with van der Waals surface area (Å²) in [6.45, 7) is 2.87. The molecule has 0 aliphatic rings. The largest absolute Gasteiger partial charge is 0.465 e. The maximum atomic E-state index is 12.3. The van der Waals surface area contributed by atoms with Crippen LogP contribution in [0.15, 0.2) is 33.7 Å². The third kappa shape index (κ3) is 2.90. The van der Waals surface area contributed by atoms with Gasteiger partial charge >= 0.3 is 0 Å². The third-order valence-electron chi connectivity index (χ3n) is 2.92. The van der Waals surface area contributed by atoms with Gasteiger partial charge in [-0.1, -0.05) is 6.07 Å². The number of pyridine rings is 1. The number of hydrogen-bond donors (Lipinski definition) is 2. The first-order chi connectivity index (χ1) is 9.45. The molecular formula is C13H16N2O4S. The molecule has 0 radical (unpaired) electrons. The van der Waals surface area contributed by atoms with Crippen LogP contribution in [0.25, 0.3) is 0 Å². The van der Waals surface area contributed by atoms with Crippen molar-refractivity contribution in [1.29, 1.82) is 0 Å². The van der Waals surface area contributed by atoms with Gasteiger partial charge in [0, 0.05) is 11.8 Å². The molecule has 7 heteroatoms. The zero-order valence-electron chi connectivity index (χ0n) is 11.3. The Hall–Kier alpha value is -1.70. The van der Waals surface area contributed by atoms with E-state index in [0.717, 1.165) is 0 Å². The maximum Gasteiger partial charge on any atom is 0.244 e. The van der Waals surface area contributed by atoms with Crippen LogP contribution in [0.1, 0.15) is 22.8 Å². The van der Waals surface area contributed by atoms with Gasteiger partial charge in [0.25, 0.3) is 0 Å². The van der Waals surface area contributed by atoms with Gasteiger partial charge in [0.1, 0.15) is 16.4 Å². The van der Waals surface area contributed by atoms with Gasteiger partial charge in [-0.15, -0.1) is 0 Å². The Morgan fingerprint density at radius 1 is 1.30 bits per heavy atom. The highest BCUT2D eigenvalue weighted by Crippen LogP contribution is 2.26. The average molecular weight is 296 g/mol. The fourth-order valence-corrected chi connectivity index (χ4v) is 3.42. The number of nitrogens with one attached hydrogen (secondary N) is 1. The number of rotatable bonds is 5. The summed E-state index contributed by atoms with van der Waals surface area (Å²) >= 11 is 0. The van der Waals surface area contributed by atoms with Crippen LogP contribution in [-0.2, 0) is 23.2 Å². The van der Waals surface area contributed by atoms with Crippen LogP contribution in [0.5, 0.6) is 0 Å². The van der Waals surface area contributed by atoms with Crippen LogP contribution >= 0.6 is 0 Å². The van der Waals surface area contributed by atoms with E-state index in [1.54, 1.807) is 38.2 Å². The number of aliphatic hydroxyl groups is 1. The lowest BCUT2D eigenvalue weighted by atomic mass is 10.2. The molecule has 0 amide bonds. The number of nitrogens with zero attached hydrogens (tertiary/aromatic N) is 1. The van der Waals surface area contributed by atoms with E-state index in [-0.39, 0.29) is 29.4 Å². The number of furan rings is 1. The maximum absolute atomic E-state index is 12.3. The molecular weight excluding hydrogens is 280 g/mol. The second-order valence-electron chi connectivity index (χ2n) is 4.33. The van der Waals surface area contributed by atoms with E-state index in [1.807, 2.05) is 0 Å². The van der Waals surface area contributed by atoms with Crippen molar-refractivity contribution in [1.82, 2.24) is 9.71 Å². The fraction of sp³-hybridized carbons (Fsp3) is 0.308. The van der Waals surface area contributed by atoms with Crippen molar-refractivity contribution in [3.05, 3.63) is 47.2 Å². The first-order valence-corrected chi connectivity index (χ1v) is 7.53. The van der Waals surface area contributed by atoms with Crippen molar-refractivity contribution >= 4 is 10.0 Å². The summed E-state index contributed by atoms with van der Waals surface area (Å²) in [7, 11) is -3.75. The molecule has 0 unspecified atom stereocenters. The topological polar surface area (TPSA) is 92.4 Å². The van der Waals surface area contributed by atoms with E-state index >= 15 is 0 Å². The van der Waals surface area contributed by atoms with Crippen LogP contribution in [0, 0.1) is 13.8 Å². The summed E-state index contributed by atoms with van der Waals surface area (Å²) in [6, 6.07) is 5.26. The van der Waals surface area contributed by atoms with Crippen LogP contribution in [0.2, 0.25) is 0 Å². The van der Waals surface area contributed by atoms with Gasteiger partial charge in [-0.3, -0.25) is 4.98 Å². The van der Waals surface area contributed by atoms with Crippen LogP contribution in [0.3, 0.4) is 0 Å². The number of hydrogen-bond acceptors (Lipinski definition) is 5. The summed E-state index contributed by atoms with van der Waals surface area (Å²) in [5, 5.41) is 9.30. The number of aromatic nitrogens is 1. The molecule has 0 bridgehead atoms. The Balaban J connectivity index is 2.27. The summed E-state index contributed by atoms with van der Waals surface area (Å²) in [6.07, 6.45) is 1.59. The van der Waals surface area contributed by atoms with Crippen molar-refractivity contribution in [3.8, 4) is 0 Å². The minimum Gasteiger partial charge on any atom is -0.465 e. The van der Waals surface area contributed by atoms with Gasteiger partial charge in [0.05, 0.1) is 18.8 Å². The van der Waals surface area contributed by atoms with Crippen molar-refractivity contribution in [3.63, 3.8) is 0 Å². The van der Waals surface area contributed by atoms with E-state index in [4.69, 9.17) is 4.42 Å². The number of aliphatic hydroxyl groups excluding tert-OH is 1. The molecule has 108 valence electrons. The van der Waals surface area contributed by atoms with Crippen LogP contribution in [0.4, 0.5) is 0 Å². The molecule has 0 saturated carbocycles. The molecule has 0 spiro atoms. The molecule has 2 aromatic rings. The van der Waals surface area contributed by atoms with E-state index in [9.17, 15) is 13.5 Å². The highest BCUT2D eigenvalue weighted by atomic mass is 32.2. The molecule has 0 aliphatic carbocycles. The predicted octanol–water partition coefficient (Wildman–Crippen LogP) is 1.26. The highest BCUT2D eigenvalue weighted by Gasteiger charge is 2.26. The Morgan fingerprint density at radius 2 is 2.05 bits per heavy atom. The molecule has 0 fully saturated rings. The van der Waals surface area contributed by atoms with E-state index in [1.165, 1.54) is 0 Å². The molecule has 2 heterocycles. The number of aryl methyl sites for hydroxylation is 2. The highest BCUT2D eigenvalue weighted by molar-refractivity contribution is 7.89. The third-order valence-corrected chi connectivity index (χ3v) is 4.52. The minimum absolute atomic E-state index is 0.00781. The molecule has 20 heavy (non-hydrogen) atoms. The quantitative estimate of drug-likeness (QED) is 0.866. The molecule has 0 aliphatic heterocycles. The second-order valence-corrected chi connectivity index (χ2v) is 6.03. The Bertz CT molecular complexity index is 693. The minimum atomic E-state index is -3.75. The number of sulfonamides is 1. The van der Waals surface area contributed by atoms with E-state index in [2.05, 4.69) is 9.71 Å². The summed E-state index contributed by atoms with van der Waals surface area (Å²) in [5.41, 5.74) is 0.899. The zero-order chi connectivity index (χ0) is 14.8. The van der Waals surface area contributed by atoms with Gasteiger partial charge in [-0.05, 0) is 26.0 Å². The van der Waals surface area contributed by atoms with Gasteiger partial charge in [-0.2, -0.15) is 0 Å². The molecule has 0 saturated heterocycles. The fourth-order valence-electron chi connectivity index (χ4n) is 1.99. The lowest BCUT2D eigenvalue weighted by Gasteiger charge is -2.07. The molecule has 0 atom stereocenters. The van der Waals surface area contributed by atoms with Crippen molar-refractivity contribution in [2.75, 3.05) is 0 Å². The van der Waals surface area contributed by atoms with E-state index < -0.39 is 10.0 Å². The second kappa shape index (κ2) is 5.74. The standard InChI is InChI=1S/C13H16N2O4S/c1-9-12(8-16)13(10(2)19-9)20(17,18)15-7-11-5-3-4-6-14-11/h3-6,15-16H,7-8H2,1-2H3. The van der Waals surface area contributed by atoms with Crippen LogP contribution < -0.4 is 4.72 Å². The Labute approximate surface area is 117 Å². The smallest absolute Gasteiger partial charge is 0.244 e. The Kier molecular flexibility index (Phi) is 4.22. The lowest BCUT2D eigenvalue weighted by molar-refractivity contribution is 0.276. The summed E-state index contributed by atoms with van der Waals surface area (Å²) in [5.74, 6) is 0.670. The lowest BCUT2D eigenvalue weighted by Crippen LogP contribution is -2.25. The zero-order valence-corrected chi connectivity index (χ0v) is 12.1. The molecule has 6 nitrogen and oxygen atoms in total. The monoisotopic (exact) mass is 296 g/mol. The van der Waals surface area contributed by atoms with Gasteiger partial charge in [0.2, 0.25) is 10.0 Å². The van der Waals surface area contributed by atoms with Gasteiger partial charge < -0.3 is 9.52 Å². The molecule has 0 aromatic carbocycles.